The number of nitrogens with zero attached hydrogens (tertiary/aromatic N) is 3. The van der Waals surface area contributed by atoms with Crippen LogP contribution in [0.2, 0.25) is 0 Å². The summed E-state index contributed by atoms with van der Waals surface area (Å²) in [6.45, 7) is 1.31. The first kappa shape index (κ1) is 16.4. The molecule has 120 valence electrons. The first-order chi connectivity index (χ1) is 11.1. The summed E-state index contributed by atoms with van der Waals surface area (Å²) in [5.74, 6) is -0.536. The minimum Gasteiger partial charge on any atom is -0.355 e. The van der Waals surface area contributed by atoms with E-state index in [4.69, 9.17) is 4.84 Å². The number of nitrogens with one attached hydrogen (secondary N) is 2. The van der Waals surface area contributed by atoms with Crippen LogP contribution in [0, 0.1) is 0 Å². The fourth-order valence-electron chi connectivity index (χ4n) is 1.90. The largest absolute Gasteiger partial charge is 0.355 e. The minimum atomic E-state index is -0.422. The molecule has 2 rings (SSSR count). The fourth-order valence-corrected chi connectivity index (χ4v) is 1.90. The average Bonchev–Trinajstić information content (AvgIpc) is 2.56. The Morgan fingerprint density at radius 1 is 1.22 bits per heavy atom. The second-order valence-corrected chi connectivity index (χ2v) is 4.50. The highest BCUT2D eigenvalue weighted by molar-refractivity contribution is 6.02. The van der Waals surface area contributed by atoms with Crippen molar-refractivity contribution in [3.05, 3.63) is 42.1 Å². The number of carbonyl (C=O) groups excluding carboxylic acids is 2. The van der Waals surface area contributed by atoms with Gasteiger partial charge in [-0.05, 0) is 12.1 Å². The van der Waals surface area contributed by atoms with Crippen LogP contribution in [-0.2, 0) is 9.63 Å². The third kappa shape index (κ3) is 3.80. The summed E-state index contributed by atoms with van der Waals surface area (Å²) in [5.41, 5.74) is 0.904. The summed E-state index contributed by atoms with van der Waals surface area (Å²) in [7, 11) is 2.80. The lowest BCUT2D eigenvalue weighted by Gasteiger charge is -2.19. The maximum absolute atomic E-state index is 11.9. The Morgan fingerprint density at radius 3 is 2.48 bits per heavy atom. The van der Waals surface area contributed by atoms with Gasteiger partial charge in [0.25, 0.3) is 5.91 Å². The molecule has 0 unspecified atom stereocenters. The lowest BCUT2D eigenvalue weighted by Crippen LogP contribution is -2.31. The zero-order valence-corrected chi connectivity index (χ0v) is 13.0. The number of aromatic nitrogens is 2. The van der Waals surface area contributed by atoms with Gasteiger partial charge < -0.3 is 10.6 Å². The van der Waals surface area contributed by atoms with Crippen LogP contribution in [0.5, 0.6) is 0 Å². The van der Waals surface area contributed by atoms with Crippen LogP contribution in [0.4, 0.5) is 17.5 Å². The molecule has 0 spiro atoms. The number of hydroxylamine groups is 1. The highest BCUT2D eigenvalue weighted by atomic mass is 16.7. The molecular weight excluding hydrogens is 298 g/mol. The van der Waals surface area contributed by atoms with Gasteiger partial charge in [0, 0.05) is 25.9 Å². The lowest BCUT2D eigenvalue weighted by molar-refractivity contribution is -0.122. The van der Waals surface area contributed by atoms with Gasteiger partial charge in [0.05, 0.1) is 7.11 Å². The Hall–Kier alpha value is -3.00. The van der Waals surface area contributed by atoms with Gasteiger partial charge in [-0.1, -0.05) is 18.2 Å². The maximum atomic E-state index is 11.9. The zero-order chi connectivity index (χ0) is 16.8. The van der Waals surface area contributed by atoms with Crippen LogP contribution in [0.15, 0.2) is 36.5 Å². The third-order valence-corrected chi connectivity index (χ3v) is 2.93. The maximum Gasteiger partial charge on any atom is 0.256 e. The molecule has 0 aliphatic rings. The molecule has 2 amide bonds. The standard InChI is InChI=1S/C15H17N5O3/c1-10(21)20(23-3)13-12(14(22)16-2)9-17-15(19-13)18-11-7-5-4-6-8-11/h4-9H,1-3H3,(H,16,22)(H,17,18,19). The summed E-state index contributed by atoms with van der Waals surface area (Å²) < 4.78 is 0. The zero-order valence-electron chi connectivity index (χ0n) is 13.0. The Bertz CT molecular complexity index is 706. The summed E-state index contributed by atoms with van der Waals surface area (Å²) in [5, 5.41) is 6.41. The van der Waals surface area contributed by atoms with Crippen molar-refractivity contribution >= 4 is 29.3 Å². The fraction of sp³-hybridized carbons (Fsp3) is 0.200. The van der Waals surface area contributed by atoms with E-state index in [0.717, 1.165) is 10.8 Å². The molecule has 23 heavy (non-hydrogen) atoms. The van der Waals surface area contributed by atoms with Gasteiger partial charge in [0.15, 0.2) is 5.82 Å². The molecule has 1 aromatic heterocycles. The second kappa shape index (κ2) is 7.32. The average molecular weight is 315 g/mol. The van der Waals surface area contributed by atoms with E-state index in [1.54, 1.807) is 0 Å². The van der Waals surface area contributed by atoms with Crippen molar-refractivity contribution in [2.45, 2.75) is 6.92 Å². The van der Waals surface area contributed by atoms with Gasteiger partial charge in [0.2, 0.25) is 11.9 Å². The summed E-state index contributed by atoms with van der Waals surface area (Å²) in [6, 6.07) is 9.29. The molecule has 8 nitrogen and oxygen atoms in total. The van der Waals surface area contributed by atoms with Crippen LogP contribution in [-0.4, -0.2) is 35.9 Å². The van der Waals surface area contributed by atoms with Crippen LogP contribution in [0.3, 0.4) is 0 Å². The molecule has 1 aromatic carbocycles. The van der Waals surface area contributed by atoms with Crippen LogP contribution >= 0.6 is 0 Å². The van der Waals surface area contributed by atoms with Crippen molar-refractivity contribution in [1.82, 2.24) is 15.3 Å². The molecule has 0 bridgehead atoms. The quantitative estimate of drug-likeness (QED) is 0.812. The van der Waals surface area contributed by atoms with Gasteiger partial charge in [0.1, 0.15) is 5.56 Å². The minimum absolute atomic E-state index is 0.0628. The Kier molecular flexibility index (Phi) is 5.21. The summed E-state index contributed by atoms with van der Waals surface area (Å²) in [6.07, 6.45) is 1.33. The summed E-state index contributed by atoms with van der Waals surface area (Å²) in [4.78, 5) is 37.0. The van der Waals surface area contributed by atoms with E-state index in [2.05, 4.69) is 20.6 Å². The molecule has 1 heterocycles. The number of para-hydroxylation sites is 1. The molecule has 0 aliphatic carbocycles. The van der Waals surface area contributed by atoms with Crippen molar-refractivity contribution < 1.29 is 14.4 Å². The van der Waals surface area contributed by atoms with Crippen molar-refractivity contribution in [3.8, 4) is 0 Å². The van der Waals surface area contributed by atoms with Gasteiger partial charge in [-0.3, -0.25) is 14.4 Å². The Labute approximate surface area is 133 Å². The number of carbonyl (C=O) groups is 2. The molecule has 2 N–H and O–H groups in total. The second-order valence-electron chi connectivity index (χ2n) is 4.50. The van der Waals surface area contributed by atoms with Crippen LogP contribution < -0.4 is 15.7 Å². The number of anilines is 3. The van der Waals surface area contributed by atoms with E-state index in [0.29, 0.717) is 0 Å². The predicted molar refractivity (Wildman–Crippen MR) is 85.3 cm³/mol. The SMILES string of the molecule is CNC(=O)c1cnc(Nc2ccccc2)nc1N(OC)C(C)=O. The van der Waals surface area contributed by atoms with E-state index >= 15 is 0 Å². The first-order valence-corrected chi connectivity index (χ1v) is 6.82. The molecule has 0 saturated heterocycles. The number of amides is 2. The molecule has 0 radical (unpaired) electrons. The highest BCUT2D eigenvalue weighted by Gasteiger charge is 2.22. The molecule has 0 atom stereocenters. The number of rotatable bonds is 5. The van der Waals surface area contributed by atoms with Crippen LogP contribution in [0.1, 0.15) is 17.3 Å². The molecule has 0 saturated carbocycles. The normalized spacial score (nSPS) is 10.0. The van der Waals surface area contributed by atoms with E-state index in [9.17, 15) is 9.59 Å². The lowest BCUT2D eigenvalue weighted by atomic mass is 10.3. The molecule has 0 aliphatic heterocycles. The van der Waals surface area contributed by atoms with E-state index in [1.807, 2.05) is 30.3 Å². The van der Waals surface area contributed by atoms with Crippen molar-refractivity contribution in [2.24, 2.45) is 0 Å². The third-order valence-electron chi connectivity index (χ3n) is 2.93. The molecule has 0 fully saturated rings. The van der Waals surface area contributed by atoms with Crippen molar-refractivity contribution in [1.29, 1.82) is 0 Å². The van der Waals surface area contributed by atoms with Crippen LogP contribution in [0.25, 0.3) is 0 Å². The topological polar surface area (TPSA) is 96.4 Å². The van der Waals surface area contributed by atoms with Crippen molar-refractivity contribution in [2.75, 3.05) is 24.5 Å². The molecule has 8 heteroatoms. The van der Waals surface area contributed by atoms with Gasteiger partial charge >= 0.3 is 0 Å². The molecular formula is C15H17N5O3. The number of benzene rings is 1. The van der Waals surface area contributed by atoms with E-state index in [-0.39, 0.29) is 17.3 Å². The van der Waals surface area contributed by atoms with Crippen molar-refractivity contribution in [3.63, 3.8) is 0 Å². The smallest absolute Gasteiger partial charge is 0.256 e. The van der Waals surface area contributed by atoms with E-state index in [1.165, 1.54) is 27.3 Å². The van der Waals surface area contributed by atoms with Gasteiger partial charge in [-0.2, -0.15) is 10.0 Å². The van der Waals surface area contributed by atoms with Gasteiger partial charge in [-0.25, -0.2) is 4.98 Å². The predicted octanol–water partition coefficient (Wildman–Crippen LogP) is 1.49. The number of hydrogen-bond donors (Lipinski definition) is 2. The van der Waals surface area contributed by atoms with Gasteiger partial charge in [-0.15, -0.1) is 0 Å². The highest BCUT2D eigenvalue weighted by Crippen LogP contribution is 2.21. The Morgan fingerprint density at radius 2 is 1.91 bits per heavy atom. The monoisotopic (exact) mass is 315 g/mol. The Balaban J connectivity index is 2.44. The molecule has 2 aromatic rings. The first-order valence-electron chi connectivity index (χ1n) is 6.82. The van der Waals surface area contributed by atoms with E-state index < -0.39 is 11.8 Å². The summed E-state index contributed by atoms with van der Waals surface area (Å²) >= 11 is 0. The number of hydrogen-bond acceptors (Lipinski definition) is 6.